The lowest BCUT2D eigenvalue weighted by Gasteiger charge is -2.17. The molecule has 1 aromatic rings. The minimum Gasteiger partial charge on any atom is -0.396 e. The third kappa shape index (κ3) is 4.01. The lowest BCUT2D eigenvalue weighted by atomic mass is 9.97. The Bertz CT molecular complexity index is 397. The highest BCUT2D eigenvalue weighted by Gasteiger charge is 2.26. The second-order valence-corrected chi connectivity index (χ2v) is 7.76. The highest BCUT2D eigenvalue weighted by atomic mass is 32.1. The number of nitrogens with one attached hydrogen (secondary N) is 1. The van der Waals surface area contributed by atoms with Crippen molar-refractivity contribution >= 4 is 11.3 Å². The predicted molar refractivity (Wildman–Crippen MR) is 80.4 cm³/mol. The van der Waals surface area contributed by atoms with Crippen molar-refractivity contribution in [3.05, 3.63) is 16.1 Å². The highest BCUT2D eigenvalue weighted by Crippen LogP contribution is 2.31. The molecule has 0 radical (unpaired) electrons. The number of rotatable bonds is 5. The van der Waals surface area contributed by atoms with E-state index in [1.54, 1.807) is 11.3 Å². The molecule has 1 aromatic heterocycles. The number of hydrogen-bond donors (Lipinski definition) is 2. The first-order valence-corrected chi connectivity index (χ1v) is 8.09. The normalized spacial score (nSPS) is 24.0. The summed E-state index contributed by atoms with van der Waals surface area (Å²) in [4.78, 5) is 5.82. The van der Waals surface area contributed by atoms with Crippen molar-refractivity contribution < 1.29 is 5.11 Å². The van der Waals surface area contributed by atoms with Crippen molar-refractivity contribution in [2.45, 2.75) is 52.0 Å². The summed E-state index contributed by atoms with van der Waals surface area (Å²) in [6, 6.07) is 0. The fraction of sp³-hybridized carbons (Fsp3) is 0.800. The van der Waals surface area contributed by atoms with Crippen molar-refractivity contribution in [1.29, 1.82) is 0 Å². The van der Waals surface area contributed by atoms with Gasteiger partial charge in [-0.25, -0.2) is 4.98 Å². The van der Waals surface area contributed by atoms with Crippen LogP contribution in [0.4, 0.5) is 0 Å². The van der Waals surface area contributed by atoms with Gasteiger partial charge in [-0.2, -0.15) is 0 Å². The third-order valence-corrected chi connectivity index (χ3v) is 5.37. The van der Waals surface area contributed by atoms with Crippen LogP contribution in [-0.4, -0.2) is 23.2 Å². The van der Waals surface area contributed by atoms with Gasteiger partial charge in [0.15, 0.2) is 0 Å². The minimum absolute atomic E-state index is 0.149. The summed E-state index contributed by atoms with van der Waals surface area (Å²) in [5.41, 5.74) is 0.149. The van der Waals surface area contributed by atoms with Gasteiger partial charge in [-0.3, -0.25) is 0 Å². The Kier molecular flexibility index (Phi) is 4.98. The third-order valence-electron chi connectivity index (χ3n) is 3.95. The van der Waals surface area contributed by atoms with Crippen LogP contribution in [-0.2, 0) is 12.0 Å². The molecule has 0 spiro atoms. The van der Waals surface area contributed by atoms with E-state index in [-0.39, 0.29) is 5.41 Å². The second kappa shape index (κ2) is 6.33. The maximum Gasteiger partial charge on any atom is 0.0981 e. The number of nitrogens with zero attached hydrogens (tertiary/aromatic N) is 1. The molecule has 1 aliphatic carbocycles. The Labute approximate surface area is 120 Å². The van der Waals surface area contributed by atoms with Crippen LogP contribution in [0.2, 0.25) is 0 Å². The van der Waals surface area contributed by atoms with E-state index in [0.717, 1.165) is 13.1 Å². The molecule has 2 rings (SSSR count). The summed E-state index contributed by atoms with van der Waals surface area (Å²) >= 11 is 1.81. The van der Waals surface area contributed by atoms with E-state index in [2.05, 4.69) is 31.1 Å². The van der Waals surface area contributed by atoms with Gasteiger partial charge >= 0.3 is 0 Å². The molecule has 0 bridgehead atoms. The molecule has 0 aromatic carbocycles. The molecule has 2 N–H and O–H groups in total. The van der Waals surface area contributed by atoms with Gasteiger partial charge in [0.2, 0.25) is 0 Å². The summed E-state index contributed by atoms with van der Waals surface area (Å²) in [5.74, 6) is 1.17. The Morgan fingerprint density at radius 1 is 1.37 bits per heavy atom. The standard InChI is InChI=1S/C15H26N2OS/c1-15(2,3)14-17-9-13(19-14)8-16-7-11-5-4-6-12(11)10-18/h9,11-12,16,18H,4-8,10H2,1-3H3. The van der Waals surface area contributed by atoms with E-state index >= 15 is 0 Å². The Hall–Kier alpha value is -0.450. The topological polar surface area (TPSA) is 45.2 Å². The summed E-state index contributed by atoms with van der Waals surface area (Å²) in [7, 11) is 0. The van der Waals surface area contributed by atoms with Crippen molar-refractivity contribution in [1.82, 2.24) is 10.3 Å². The Morgan fingerprint density at radius 2 is 2.11 bits per heavy atom. The molecule has 1 saturated carbocycles. The van der Waals surface area contributed by atoms with Crippen molar-refractivity contribution in [2.24, 2.45) is 11.8 Å². The number of thiazole rings is 1. The lowest BCUT2D eigenvalue weighted by molar-refractivity contribution is 0.192. The van der Waals surface area contributed by atoms with Gasteiger partial charge in [-0.05, 0) is 31.2 Å². The number of aliphatic hydroxyl groups excluding tert-OH is 1. The second-order valence-electron chi connectivity index (χ2n) is 6.65. The summed E-state index contributed by atoms with van der Waals surface area (Å²) in [6.45, 7) is 8.88. The largest absolute Gasteiger partial charge is 0.396 e. The molecular formula is C15H26N2OS. The molecule has 1 heterocycles. The van der Waals surface area contributed by atoms with Gasteiger partial charge in [0, 0.05) is 29.6 Å². The summed E-state index contributed by atoms with van der Waals surface area (Å²) in [6.07, 6.45) is 5.72. The van der Waals surface area contributed by atoms with E-state index in [1.165, 1.54) is 29.1 Å². The van der Waals surface area contributed by atoms with Crippen LogP contribution < -0.4 is 5.32 Å². The molecule has 2 unspecified atom stereocenters. The molecule has 4 heteroatoms. The van der Waals surface area contributed by atoms with E-state index < -0.39 is 0 Å². The van der Waals surface area contributed by atoms with Crippen molar-refractivity contribution in [3.63, 3.8) is 0 Å². The molecule has 108 valence electrons. The van der Waals surface area contributed by atoms with Crippen molar-refractivity contribution in [2.75, 3.05) is 13.2 Å². The van der Waals surface area contributed by atoms with E-state index in [4.69, 9.17) is 0 Å². The van der Waals surface area contributed by atoms with Crippen LogP contribution in [0.1, 0.15) is 49.9 Å². The van der Waals surface area contributed by atoms with Crippen LogP contribution in [0, 0.1) is 11.8 Å². The molecule has 1 aliphatic rings. The zero-order valence-corrected chi connectivity index (χ0v) is 13.1. The molecule has 3 nitrogen and oxygen atoms in total. The zero-order chi connectivity index (χ0) is 13.9. The lowest BCUT2D eigenvalue weighted by Crippen LogP contribution is -2.26. The van der Waals surface area contributed by atoms with Crippen molar-refractivity contribution in [3.8, 4) is 0 Å². The maximum absolute atomic E-state index is 9.31. The summed E-state index contributed by atoms with van der Waals surface area (Å²) < 4.78 is 0. The molecule has 1 fully saturated rings. The number of aliphatic hydroxyl groups is 1. The molecule has 0 amide bonds. The van der Waals surface area contributed by atoms with E-state index in [9.17, 15) is 5.11 Å². The van der Waals surface area contributed by atoms with Crippen LogP contribution in [0.15, 0.2) is 6.20 Å². The highest BCUT2D eigenvalue weighted by molar-refractivity contribution is 7.11. The van der Waals surface area contributed by atoms with Gasteiger partial charge in [-0.1, -0.05) is 27.2 Å². The molecule has 19 heavy (non-hydrogen) atoms. The Morgan fingerprint density at radius 3 is 2.74 bits per heavy atom. The summed E-state index contributed by atoms with van der Waals surface area (Å²) in [5, 5.41) is 14.0. The fourth-order valence-corrected chi connectivity index (χ4v) is 3.68. The molecular weight excluding hydrogens is 256 g/mol. The first-order valence-electron chi connectivity index (χ1n) is 7.27. The smallest absolute Gasteiger partial charge is 0.0981 e. The minimum atomic E-state index is 0.149. The van der Waals surface area contributed by atoms with E-state index in [1.807, 2.05) is 6.20 Å². The molecule has 0 saturated heterocycles. The van der Waals surface area contributed by atoms with Crippen LogP contribution in [0.5, 0.6) is 0 Å². The SMILES string of the molecule is CC(C)(C)c1ncc(CNCC2CCCC2CO)s1. The average molecular weight is 282 g/mol. The average Bonchev–Trinajstić information content (AvgIpc) is 2.96. The first-order chi connectivity index (χ1) is 9.00. The fourth-order valence-electron chi connectivity index (χ4n) is 2.74. The van der Waals surface area contributed by atoms with Gasteiger partial charge in [0.25, 0.3) is 0 Å². The van der Waals surface area contributed by atoms with Gasteiger partial charge in [0.05, 0.1) is 5.01 Å². The molecule has 0 aliphatic heterocycles. The van der Waals surface area contributed by atoms with Crippen LogP contribution >= 0.6 is 11.3 Å². The maximum atomic E-state index is 9.31. The first kappa shape index (κ1) is 14.9. The van der Waals surface area contributed by atoms with Gasteiger partial charge in [-0.15, -0.1) is 11.3 Å². The monoisotopic (exact) mass is 282 g/mol. The van der Waals surface area contributed by atoms with E-state index in [0.29, 0.717) is 18.4 Å². The zero-order valence-electron chi connectivity index (χ0n) is 12.3. The van der Waals surface area contributed by atoms with Crippen LogP contribution in [0.25, 0.3) is 0 Å². The number of hydrogen-bond acceptors (Lipinski definition) is 4. The molecule has 2 atom stereocenters. The predicted octanol–water partition coefficient (Wildman–Crippen LogP) is 2.94. The van der Waals surface area contributed by atoms with Gasteiger partial charge in [0.1, 0.15) is 0 Å². The number of aromatic nitrogens is 1. The van der Waals surface area contributed by atoms with Crippen LogP contribution in [0.3, 0.4) is 0 Å². The quantitative estimate of drug-likeness (QED) is 0.873. The Balaban J connectivity index is 1.78. The van der Waals surface area contributed by atoms with Gasteiger partial charge < -0.3 is 10.4 Å².